The fraction of sp³-hybridized carbons (Fsp3) is 0.538. The van der Waals surface area contributed by atoms with Crippen LogP contribution in [0.15, 0.2) is 12.3 Å². The van der Waals surface area contributed by atoms with Gasteiger partial charge in [0, 0.05) is 32.9 Å². The van der Waals surface area contributed by atoms with Gasteiger partial charge in [0.05, 0.1) is 11.7 Å². The van der Waals surface area contributed by atoms with Gasteiger partial charge in [-0.15, -0.1) is 0 Å². The van der Waals surface area contributed by atoms with E-state index in [2.05, 4.69) is 39.7 Å². The number of pyridine rings is 1. The molecule has 3 rings (SSSR count). The predicted octanol–water partition coefficient (Wildman–Crippen LogP) is 1.29. The molecule has 1 saturated heterocycles. The number of likely N-dealkylation sites (N-methyl/N-ethyl adjacent to an activating group) is 2. The number of anilines is 2. The Morgan fingerprint density at radius 1 is 1.33 bits per heavy atom. The average molecular weight is 262 g/mol. The zero-order valence-corrected chi connectivity index (χ0v) is 11.9. The maximum Gasteiger partial charge on any atom is 0.153 e. The number of nitrogens with zero attached hydrogens (tertiary/aromatic N) is 4. The van der Waals surface area contributed by atoms with E-state index in [0.717, 1.165) is 36.1 Å². The van der Waals surface area contributed by atoms with Crippen molar-refractivity contribution in [1.29, 1.82) is 0 Å². The topological polar surface area (TPSA) is 22.6 Å². The fourth-order valence-corrected chi connectivity index (χ4v) is 3.04. The lowest BCUT2D eigenvalue weighted by Crippen LogP contribution is -2.61. The number of aryl methyl sites for hydroxylation is 1. The molecule has 18 heavy (non-hydrogen) atoms. The fourth-order valence-electron chi connectivity index (χ4n) is 2.74. The van der Waals surface area contributed by atoms with Crippen LogP contribution in [0, 0.1) is 6.92 Å². The summed E-state index contributed by atoms with van der Waals surface area (Å²) in [5.41, 5.74) is 2.32. The van der Waals surface area contributed by atoms with Gasteiger partial charge in [0.2, 0.25) is 0 Å². The number of hydrogen-bond acceptors (Lipinski definition) is 4. The van der Waals surface area contributed by atoms with Crippen molar-refractivity contribution in [3.8, 4) is 0 Å². The normalized spacial score (nSPS) is 23.9. The van der Waals surface area contributed by atoms with Crippen LogP contribution >= 0.6 is 12.2 Å². The first-order valence-corrected chi connectivity index (χ1v) is 6.68. The Labute approximate surface area is 113 Å². The summed E-state index contributed by atoms with van der Waals surface area (Å²) in [6.07, 6.45) is 1.94. The van der Waals surface area contributed by atoms with Crippen LogP contribution in [-0.2, 0) is 0 Å². The first-order valence-electron chi connectivity index (χ1n) is 6.27. The molecule has 1 aromatic heterocycles. The van der Waals surface area contributed by atoms with Crippen LogP contribution in [0.25, 0.3) is 0 Å². The van der Waals surface area contributed by atoms with Crippen molar-refractivity contribution in [1.82, 2.24) is 9.88 Å². The molecule has 0 saturated carbocycles. The molecule has 2 aliphatic heterocycles. The molecule has 0 spiro atoms. The van der Waals surface area contributed by atoms with Gasteiger partial charge < -0.3 is 14.7 Å². The molecular weight excluding hydrogens is 244 g/mol. The molecule has 5 heteroatoms. The van der Waals surface area contributed by atoms with Crippen molar-refractivity contribution in [3.05, 3.63) is 17.8 Å². The van der Waals surface area contributed by atoms with Crippen LogP contribution in [0.4, 0.5) is 11.5 Å². The minimum atomic E-state index is 0.284. The number of fused-ring (bicyclic) bond motifs is 3. The third kappa shape index (κ3) is 1.69. The molecule has 0 amide bonds. The molecule has 0 aliphatic carbocycles. The molecule has 2 aliphatic rings. The molecule has 96 valence electrons. The van der Waals surface area contributed by atoms with Gasteiger partial charge in [-0.3, -0.25) is 0 Å². The van der Waals surface area contributed by atoms with Crippen molar-refractivity contribution in [2.45, 2.75) is 13.0 Å². The van der Waals surface area contributed by atoms with Crippen molar-refractivity contribution in [2.24, 2.45) is 0 Å². The van der Waals surface area contributed by atoms with Gasteiger partial charge >= 0.3 is 0 Å². The molecule has 0 aromatic carbocycles. The Morgan fingerprint density at radius 3 is 2.89 bits per heavy atom. The highest BCUT2D eigenvalue weighted by molar-refractivity contribution is 7.80. The third-order valence-electron chi connectivity index (χ3n) is 3.82. The standard InChI is InChI=1S/C13H18N4S/c1-9-6-10-12(14-7-9)17-5-4-15(2)8-11(17)13(18)16(10)3/h6-7,11H,4-5,8H2,1-3H3. The largest absolute Gasteiger partial charge is 0.343 e. The smallest absolute Gasteiger partial charge is 0.153 e. The Kier molecular flexibility index (Phi) is 2.75. The van der Waals surface area contributed by atoms with E-state index in [1.807, 2.05) is 13.2 Å². The minimum Gasteiger partial charge on any atom is -0.343 e. The Morgan fingerprint density at radius 2 is 2.11 bits per heavy atom. The quantitative estimate of drug-likeness (QED) is 0.655. The Hall–Kier alpha value is -1.20. The van der Waals surface area contributed by atoms with E-state index in [9.17, 15) is 0 Å². The van der Waals surface area contributed by atoms with E-state index in [-0.39, 0.29) is 6.04 Å². The highest BCUT2D eigenvalue weighted by Crippen LogP contribution is 2.35. The van der Waals surface area contributed by atoms with Gasteiger partial charge in [-0.1, -0.05) is 12.2 Å². The van der Waals surface area contributed by atoms with Crippen LogP contribution in [0.3, 0.4) is 0 Å². The second kappa shape index (κ2) is 4.17. The molecular formula is C13H18N4S. The summed E-state index contributed by atoms with van der Waals surface area (Å²) in [4.78, 5) is 12.4. The van der Waals surface area contributed by atoms with Gasteiger partial charge in [-0.05, 0) is 25.6 Å². The number of rotatable bonds is 0. The van der Waals surface area contributed by atoms with Crippen molar-refractivity contribution in [2.75, 3.05) is 43.5 Å². The molecule has 1 fully saturated rings. The van der Waals surface area contributed by atoms with Crippen molar-refractivity contribution >= 4 is 28.7 Å². The summed E-state index contributed by atoms with van der Waals surface area (Å²) in [7, 11) is 4.20. The van der Waals surface area contributed by atoms with Gasteiger partial charge in [0.1, 0.15) is 4.99 Å². The van der Waals surface area contributed by atoms with Crippen LogP contribution < -0.4 is 9.80 Å². The summed E-state index contributed by atoms with van der Waals surface area (Å²) in [6.45, 7) is 5.12. The van der Waals surface area contributed by atoms with E-state index in [1.54, 1.807) is 0 Å². The maximum absolute atomic E-state index is 5.63. The third-order valence-corrected chi connectivity index (χ3v) is 4.36. The zero-order chi connectivity index (χ0) is 12.9. The van der Waals surface area contributed by atoms with Crippen molar-refractivity contribution < 1.29 is 0 Å². The van der Waals surface area contributed by atoms with Gasteiger partial charge in [0.25, 0.3) is 0 Å². The zero-order valence-electron chi connectivity index (χ0n) is 11.1. The van der Waals surface area contributed by atoms with Gasteiger partial charge in [-0.25, -0.2) is 4.98 Å². The Balaban J connectivity index is 2.08. The number of hydrogen-bond donors (Lipinski definition) is 0. The highest BCUT2D eigenvalue weighted by atomic mass is 32.1. The molecule has 0 radical (unpaired) electrons. The van der Waals surface area contributed by atoms with Crippen molar-refractivity contribution in [3.63, 3.8) is 0 Å². The summed E-state index contributed by atoms with van der Waals surface area (Å²) in [5.74, 6) is 1.08. The molecule has 1 unspecified atom stereocenters. The lowest BCUT2D eigenvalue weighted by molar-refractivity contribution is 0.292. The molecule has 1 aromatic rings. The first-order chi connectivity index (χ1) is 8.58. The summed E-state index contributed by atoms with van der Waals surface area (Å²) >= 11 is 5.63. The van der Waals surface area contributed by atoms with E-state index >= 15 is 0 Å². The summed E-state index contributed by atoms with van der Waals surface area (Å²) in [5, 5.41) is 0. The molecule has 0 N–H and O–H groups in total. The summed E-state index contributed by atoms with van der Waals surface area (Å²) < 4.78 is 0. The second-order valence-corrected chi connectivity index (χ2v) is 5.64. The van der Waals surface area contributed by atoms with Crippen LogP contribution in [0.1, 0.15) is 5.56 Å². The second-order valence-electron chi connectivity index (χ2n) is 5.22. The first kappa shape index (κ1) is 11.9. The van der Waals surface area contributed by atoms with Gasteiger partial charge in [-0.2, -0.15) is 0 Å². The van der Waals surface area contributed by atoms with Crippen LogP contribution in [-0.4, -0.2) is 54.6 Å². The summed E-state index contributed by atoms with van der Waals surface area (Å²) in [6, 6.07) is 2.45. The minimum absolute atomic E-state index is 0.284. The lowest BCUT2D eigenvalue weighted by atomic mass is 10.1. The molecule has 0 bridgehead atoms. The van der Waals surface area contributed by atoms with E-state index < -0.39 is 0 Å². The van der Waals surface area contributed by atoms with Gasteiger partial charge in [0.15, 0.2) is 5.82 Å². The average Bonchev–Trinajstić information content (AvgIpc) is 2.36. The van der Waals surface area contributed by atoms with Crippen LogP contribution in [0.5, 0.6) is 0 Å². The lowest BCUT2D eigenvalue weighted by Gasteiger charge is -2.47. The molecule has 3 heterocycles. The number of thiocarbonyl (C=S) groups is 1. The number of aromatic nitrogens is 1. The van der Waals surface area contributed by atoms with E-state index in [0.29, 0.717) is 0 Å². The van der Waals surface area contributed by atoms with Crippen LogP contribution in [0.2, 0.25) is 0 Å². The van der Waals surface area contributed by atoms with E-state index in [4.69, 9.17) is 12.2 Å². The predicted molar refractivity (Wildman–Crippen MR) is 78.6 cm³/mol. The monoisotopic (exact) mass is 262 g/mol. The highest BCUT2D eigenvalue weighted by Gasteiger charge is 2.37. The maximum atomic E-state index is 5.63. The molecule has 4 nitrogen and oxygen atoms in total. The number of piperazine rings is 1. The van der Waals surface area contributed by atoms with E-state index in [1.165, 1.54) is 5.56 Å². The molecule has 1 atom stereocenters. The Bertz CT molecular complexity index is 502. The SMILES string of the molecule is Cc1cnc2c(c1)N(C)C(=S)C1CN(C)CCN21.